The maximum atomic E-state index is 9.26. The number of aliphatic hydroxyl groups is 1. The van der Waals surface area contributed by atoms with Gasteiger partial charge >= 0.3 is 0 Å². The van der Waals surface area contributed by atoms with E-state index in [0.29, 0.717) is 18.1 Å². The molecular formula is C15H31NO2. The first-order valence-corrected chi connectivity index (χ1v) is 7.15. The van der Waals surface area contributed by atoms with Gasteiger partial charge in [0.2, 0.25) is 0 Å². The molecule has 1 aliphatic carbocycles. The smallest absolute Gasteiger partial charge is 0.0656 e. The zero-order valence-corrected chi connectivity index (χ0v) is 12.9. The molecular weight excluding hydrogens is 226 g/mol. The first-order chi connectivity index (χ1) is 8.19. The van der Waals surface area contributed by atoms with E-state index in [4.69, 9.17) is 4.74 Å². The summed E-state index contributed by atoms with van der Waals surface area (Å²) < 4.78 is 5.95. The minimum atomic E-state index is -0.0417. The Balaban J connectivity index is 2.35. The molecule has 0 spiro atoms. The monoisotopic (exact) mass is 257 g/mol. The van der Waals surface area contributed by atoms with Crippen molar-refractivity contribution in [3.05, 3.63) is 0 Å². The topological polar surface area (TPSA) is 41.5 Å². The normalized spacial score (nSPS) is 27.3. The Hall–Kier alpha value is -0.120. The van der Waals surface area contributed by atoms with Crippen LogP contribution in [-0.4, -0.2) is 37.0 Å². The predicted octanol–water partition coefficient (Wildman–Crippen LogP) is 2.43. The van der Waals surface area contributed by atoms with Crippen molar-refractivity contribution >= 4 is 0 Å². The summed E-state index contributed by atoms with van der Waals surface area (Å²) in [4.78, 5) is 0. The minimum Gasteiger partial charge on any atom is -0.396 e. The van der Waals surface area contributed by atoms with Crippen LogP contribution < -0.4 is 5.32 Å². The summed E-state index contributed by atoms with van der Waals surface area (Å²) in [6, 6.07) is 0.500. The molecule has 0 aliphatic heterocycles. The summed E-state index contributed by atoms with van der Waals surface area (Å²) in [7, 11) is 0. The molecule has 0 saturated heterocycles. The number of ether oxygens (including phenoxy) is 1. The number of aliphatic hydroxyl groups excluding tert-OH is 1. The Labute approximate surface area is 112 Å². The van der Waals surface area contributed by atoms with E-state index in [0.717, 1.165) is 19.6 Å². The number of nitrogens with one attached hydrogen (secondary N) is 1. The van der Waals surface area contributed by atoms with Crippen molar-refractivity contribution in [2.24, 2.45) is 16.7 Å². The van der Waals surface area contributed by atoms with Gasteiger partial charge in [-0.2, -0.15) is 0 Å². The van der Waals surface area contributed by atoms with Gasteiger partial charge in [0.1, 0.15) is 0 Å². The van der Waals surface area contributed by atoms with E-state index in [2.05, 4.69) is 46.9 Å². The predicted molar refractivity (Wildman–Crippen MR) is 75.6 cm³/mol. The molecule has 1 fully saturated rings. The summed E-state index contributed by atoms with van der Waals surface area (Å²) >= 11 is 0. The van der Waals surface area contributed by atoms with E-state index in [1.165, 1.54) is 0 Å². The Morgan fingerprint density at radius 3 is 2.44 bits per heavy atom. The van der Waals surface area contributed by atoms with Crippen molar-refractivity contribution in [1.82, 2.24) is 5.32 Å². The van der Waals surface area contributed by atoms with Gasteiger partial charge in [0, 0.05) is 36.6 Å². The fraction of sp³-hybridized carbons (Fsp3) is 1.00. The molecule has 2 atom stereocenters. The van der Waals surface area contributed by atoms with Crippen LogP contribution in [0.1, 0.15) is 48.0 Å². The molecule has 108 valence electrons. The molecule has 0 aromatic carbocycles. The lowest BCUT2D eigenvalue weighted by molar-refractivity contribution is -0.125. The second-order valence-corrected chi connectivity index (χ2v) is 7.53. The third kappa shape index (κ3) is 3.94. The number of hydrogen-bond acceptors (Lipinski definition) is 3. The highest BCUT2D eigenvalue weighted by molar-refractivity contribution is 5.03. The number of hydrogen-bond donors (Lipinski definition) is 2. The van der Waals surface area contributed by atoms with Crippen LogP contribution in [0.2, 0.25) is 0 Å². The van der Waals surface area contributed by atoms with Gasteiger partial charge in [0.15, 0.2) is 0 Å². The molecule has 0 radical (unpaired) electrons. The van der Waals surface area contributed by atoms with E-state index in [-0.39, 0.29) is 17.4 Å². The van der Waals surface area contributed by atoms with Gasteiger partial charge in [-0.3, -0.25) is 0 Å². The molecule has 18 heavy (non-hydrogen) atoms. The molecule has 3 nitrogen and oxygen atoms in total. The summed E-state index contributed by atoms with van der Waals surface area (Å²) in [6.07, 6.45) is 1.45. The summed E-state index contributed by atoms with van der Waals surface area (Å²) in [5.41, 5.74) is 0.153. The molecule has 1 aliphatic rings. The van der Waals surface area contributed by atoms with Gasteiger partial charge < -0.3 is 15.2 Å². The van der Waals surface area contributed by atoms with E-state index in [1.807, 2.05) is 0 Å². The average molecular weight is 257 g/mol. The Kier molecular flexibility index (Phi) is 5.22. The molecule has 2 N–H and O–H groups in total. The van der Waals surface area contributed by atoms with Crippen molar-refractivity contribution in [2.75, 3.05) is 19.8 Å². The first kappa shape index (κ1) is 15.9. The third-order valence-electron chi connectivity index (χ3n) is 4.06. The second kappa shape index (κ2) is 5.89. The zero-order chi connectivity index (χ0) is 14.0. The van der Waals surface area contributed by atoms with E-state index >= 15 is 0 Å². The van der Waals surface area contributed by atoms with Crippen LogP contribution in [0, 0.1) is 16.7 Å². The molecule has 3 heteroatoms. The van der Waals surface area contributed by atoms with Gasteiger partial charge in [-0.25, -0.2) is 0 Å². The molecule has 0 aromatic rings. The van der Waals surface area contributed by atoms with Gasteiger partial charge in [-0.15, -0.1) is 0 Å². The van der Waals surface area contributed by atoms with Crippen LogP contribution in [0.3, 0.4) is 0 Å². The summed E-state index contributed by atoms with van der Waals surface area (Å²) in [5, 5.41) is 12.8. The summed E-state index contributed by atoms with van der Waals surface area (Å²) in [5.74, 6) is 0.598. The summed E-state index contributed by atoms with van der Waals surface area (Å²) in [6.45, 7) is 15.0. The molecule has 1 rings (SSSR count). The van der Waals surface area contributed by atoms with Gasteiger partial charge in [0.25, 0.3) is 0 Å². The van der Waals surface area contributed by atoms with Crippen LogP contribution in [0.25, 0.3) is 0 Å². The van der Waals surface area contributed by atoms with Crippen LogP contribution in [-0.2, 0) is 4.74 Å². The maximum Gasteiger partial charge on any atom is 0.0656 e. The van der Waals surface area contributed by atoms with Crippen molar-refractivity contribution in [1.29, 1.82) is 0 Å². The second-order valence-electron chi connectivity index (χ2n) is 7.53. The Morgan fingerprint density at radius 2 is 2.00 bits per heavy atom. The quantitative estimate of drug-likeness (QED) is 0.736. The van der Waals surface area contributed by atoms with E-state index in [9.17, 15) is 5.11 Å². The van der Waals surface area contributed by atoms with Crippen LogP contribution in [0.4, 0.5) is 0 Å². The first-order valence-electron chi connectivity index (χ1n) is 7.15. The van der Waals surface area contributed by atoms with Crippen molar-refractivity contribution in [2.45, 2.75) is 60.1 Å². The molecule has 0 bridgehead atoms. The number of rotatable bonds is 7. The lowest BCUT2D eigenvalue weighted by atomic mass is 9.64. The highest BCUT2D eigenvalue weighted by atomic mass is 16.5. The van der Waals surface area contributed by atoms with Crippen molar-refractivity contribution < 1.29 is 9.84 Å². The minimum absolute atomic E-state index is 0.0417. The molecule has 1 saturated carbocycles. The fourth-order valence-corrected chi connectivity index (χ4v) is 2.28. The molecule has 0 amide bonds. The Morgan fingerprint density at radius 1 is 1.39 bits per heavy atom. The average Bonchev–Trinajstić information content (AvgIpc) is 2.26. The van der Waals surface area contributed by atoms with Crippen molar-refractivity contribution in [3.8, 4) is 0 Å². The van der Waals surface area contributed by atoms with Gasteiger partial charge in [0.05, 0.1) is 6.10 Å². The maximum absolute atomic E-state index is 9.26. The third-order valence-corrected chi connectivity index (χ3v) is 4.06. The molecule has 2 unspecified atom stereocenters. The largest absolute Gasteiger partial charge is 0.396 e. The highest BCUT2D eigenvalue weighted by Crippen LogP contribution is 2.43. The Bertz CT molecular complexity index is 261. The van der Waals surface area contributed by atoms with Gasteiger partial charge in [-0.05, 0) is 12.3 Å². The fourth-order valence-electron chi connectivity index (χ4n) is 2.28. The zero-order valence-electron chi connectivity index (χ0n) is 12.9. The highest BCUT2D eigenvalue weighted by Gasteiger charge is 2.48. The van der Waals surface area contributed by atoms with Gasteiger partial charge in [-0.1, -0.05) is 41.5 Å². The molecule has 0 aromatic heterocycles. The lowest BCUT2D eigenvalue weighted by Gasteiger charge is -2.52. The van der Waals surface area contributed by atoms with Crippen LogP contribution in [0.5, 0.6) is 0 Å². The SMILES string of the molecule is CC(C)COC1CC(NCC(C)(C)CO)C1(C)C. The van der Waals surface area contributed by atoms with Crippen LogP contribution >= 0.6 is 0 Å². The van der Waals surface area contributed by atoms with Crippen molar-refractivity contribution in [3.63, 3.8) is 0 Å². The standard InChI is InChI=1S/C15H31NO2/c1-11(2)8-18-13-7-12(15(13,5)6)16-9-14(3,4)10-17/h11-13,16-17H,7-10H2,1-6H3. The lowest BCUT2D eigenvalue weighted by Crippen LogP contribution is -2.62. The van der Waals surface area contributed by atoms with E-state index < -0.39 is 0 Å². The van der Waals surface area contributed by atoms with Crippen LogP contribution in [0.15, 0.2) is 0 Å². The molecule has 0 heterocycles. The van der Waals surface area contributed by atoms with E-state index in [1.54, 1.807) is 0 Å².